The number of anilines is 1. The second-order valence-electron chi connectivity index (χ2n) is 7.10. The number of ether oxygens (including phenoxy) is 3. The van der Waals surface area contributed by atoms with Crippen molar-refractivity contribution >= 4 is 23.4 Å². The smallest absolute Gasteiger partial charge is 0.234 e. The van der Waals surface area contributed by atoms with E-state index in [1.54, 1.807) is 38.7 Å². The average Bonchev–Trinajstić information content (AvgIpc) is 3.53. The van der Waals surface area contributed by atoms with Gasteiger partial charge in [0, 0.05) is 11.6 Å². The van der Waals surface area contributed by atoms with Gasteiger partial charge in [0.25, 0.3) is 0 Å². The number of benzene rings is 2. The molecule has 0 aliphatic heterocycles. The summed E-state index contributed by atoms with van der Waals surface area (Å²) in [7, 11) is 4.73. The molecule has 0 atom stereocenters. The van der Waals surface area contributed by atoms with Gasteiger partial charge in [-0.2, -0.15) is 0 Å². The number of methoxy groups -OCH3 is 3. The number of furan rings is 1. The predicted molar refractivity (Wildman–Crippen MR) is 129 cm³/mol. The van der Waals surface area contributed by atoms with Gasteiger partial charge in [0.1, 0.15) is 23.0 Å². The van der Waals surface area contributed by atoms with Crippen LogP contribution in [0, 0.1) is 0 Å². The van der Waals surface area contributed by atoms with Gasteiger partial charge in [0.05, 0.1) is 45.6 Å². The van der Waals surface area contributed by atoms with Crippen molar-refractivity contribution in [1.29, 1.82) is 0 Å². The molecule has 0 saturated heterocycles. The molecule has 0 radical (unpaired) electrons. The zero-order chi connectivity index (χ0) is 23.9. The van der Waals surface area contributed by atoms with Gasteiger partial charge in [-0.05, 0) is 48.5 Å². The maximum absolute atomic E-state index is 12.7. The summed E-state index contributed by atoms with van der Waals surface area (Å²) in [6.45, 7) is 0.428. The maximum Gasteiger partial charge on any atom is 0.234 e. The molecule has 0 aliphatic carbocycles. The van der Waals surface area contributed by atoms with Crippen LogP contribution >= 0.6 is 11.8 Å². The van der Waals surface area contributed by atoms with Crippen LogP contribution in [0.5, 0.6) is 17.2 Å². The molecule has 0 unspecified atom stereocenters. The van der Waals surface area contributed by atoms with E-state index in [1.807, 2.05) is 41.0 Å². The third-order valence-electron chi connectivity index (χ3n) is 4.97. The van der Waals surface area contributed by atoms with Crippen molar-refractivity contribution in [3.05, 3.63) is 66.6 Å². The first kappa shape index (κ1) is 23.2. The number of nitrogens with zero attached hydrogens (tertiary/aromatic N) is 3. The summed E-state index contributed by atoms with van der Waals surface area (Å²) in [4.78, 5) is 12.7. The summed E-state index contributed by atoms with van der Waals surface area (Å²) in [5, 5.41) is 12.2. The van der Waals surface area contributed by atoms with Crippen molar-refractivity contribution in [2.24, 2.45) is 0 Å². The molecule has 1 amide bonds. The SMILES string of the molecule is COc1ccc(-c2nnc(SCC(=O)Nc3ccc(OC)cc3OC)n2Cc2ccco2)cc1. The quantitative estimate of drug-likeness (QED) is 0.335. The molecule has 2 aromatic carbocycles. The van der Waals surface area contributed by atoms with Crippen molar-refractivity contribution in [1.82, 2.24) is 14.8 Å². The van der Waals surface area contributed by atoms with Gasteiger partial charge in [0.2, 0.25) is 5.91 Å². The minimum Gasteiger partial charge on any atom is -0.497 e. The Morgan fingerprint density at radius 3 is 2.44 bits per heavy atom. The Morgan fingerprint density at radius 1 is 1.00 bits per heavy atom. The molecular weight excluding hydrogens is 456 g/mol. The topological polar surface area (TPSA) is 101 Å². The normalized spacial score (nSPS) is 10.7. The first-order valence-electron chi connectivity index (χ1n) is 10.4. The lowest BCUT2D eigenvalue weighted by Gasteiger charge is -2.12. The molecule has 0 bridgehead atoms. The Balaban J connectivity index is 1.52. The van der Waals surface area contributed by atoms with Gasteiger partial charge >= 0.3 is 0 Å². The summed E-state index contributed by atoms with van der Waals surface area (Å²) in [5.74, 6) is 3.26. The lowest BCUT2D eigenvalue weighted by atomic mass is 10.2. The monoisotopic (exact) mass is 480 g/mol. The molecule has 0 saturated carbocycles. The molecule has 2 aromatic heterocycles. The van der Waals surface area contributed by atoms with Gasteiger partial charge < -0.3 is 23.9 Å². The van der Waals surface area contributed by atoms with Crippen LogP contribution in [0.15, 0.2) is 70.4 Å². The van der Waals surface area contributed by atoms with Crippen LogP contribution in [0.4, 0.5) is 5.69 Å². The van der Waals surface area contributed by atoms with Crippen LogP contribution in [-0.4, -0.2) is 47.8 Å². The van der Waals surface area contributed by atoms with E-state index in [1.165, 1.54) is 18.9 Å². The Labute approximate surface area is 201 Å². The molecule has 176 valence electrons. The number of hydrogen-bond donors (Lipinski definition) is 1. The zero-order valence-electron chi connectivity index (χ0n) is 19.0. The fraction of sp³-hybridized carbons (Fsp3) is 0.208. The molecule has 34 heavy (non-hydrogen) atoms. The molecule has 0 aliphatic rings. The van der Waals surface area contributed by atoms with Crippen LogP contribution in [0.25, 0.3) is 11.4 Å². The van der Waals surface area contributed by atoms with Crippen LogP contribution in [-0.2, 0) is 11.3 Å². The fourth-order valence-electron chi connectivity index (χ4n) is 3.27. The van der Waals surface area contributed by atoms with E-state index in [0.29, 0.717) is 34.7 Å². The number of carbonyl (C=O) groups excluding carboxylic acids is 1. The lowest BCUT2D eigenvalue weighted by Crippen LogP contribution is -2.15. The van der Waals surface area contributed by atoms with Crippen LogP contribution in [0.2, 0.25) is 0 Å². The third kappa shape index (κ3) is 5.34. The summed E-state index contributed by atoms with van der Waals surface area (Å²) < 4.78 is 23.3. The average molecular weight is 481 g/mol. The van der Waals surface area contributed by atoms with Gasteiger partial charge in [-0.25, -0.2) is 0 Å². The van der Waals surface area contributed by atoms with Gasteiger partial charge in [-0.1, -0.05) is 11.8 Å². The zero-order valence-corrected chi connectivity index (χ0v) is 19.8. The third-order valence-corrected chi connectivity index (χ3v) is 5.94. The Hall–Kier alpha value is -3.92. The van der Waals surface area contributed by atoms with E-state index >= 15 is 0 Å². The van der Waals surface area contributed by atoms with E-state index in [-0.39, 0.29) is 11.7 Å². The number of aromatic nitrogens is 3. The Bertz CT molecular complexity index is 1240. The van der Waals surface area contributed by atoms with E-state index in [2.05, 4.69) is 15.5 Å². The van der Waals surface area contributed by atoms with Gasteiger partial charge in [0.15, 0.2) is 11.0 Å². The number of hydrogen-bond acceptors (Lipinski definition) is 8. The number of nitrogens with one attached hydrogen (secondary N) is 1. The van der Waals surface area contributed by atoms with E-state index in [0.717, 1.165) is 17.1 Å². The van der Waals surface area contributed by atoms with E-state index in [4.69, 9.17) is 18.6 Å². The van der Waals surface area contributed by atoms with Gasteiger partial charge in [-0.3, -0.25) is 9.36 Å². The largest absolute Gasteiger partial charge is 0.497 e. The van der Waals surface area contributed by atoms with Crippen LogP contribution in [0.3, 0.4) is 0 Å². The van der Waals surface area contributed by atoms with Crippen molar-refractivity contribution in [3.8, 4) is 28.6 Å². The van der Waals surface area contributed by atoms with Crippen LogP contribution in [0.1, 0.15) is 5.76 Å². The second-order valence-corrected chi connectivity index (χ2v) is 8.05. The van der Waals surface area contributed by atoms with Crippen molar-refractivity contribution < 1.29 is 23.4 Å². The number of carbonyl (C=O) groups is 1. The molecule has 1 N–H and O–H groups in total. The summed E-state index contributed by atoms with van der Waals surface area (Å²) in [5.41, 5.74) is 1.43. The predicted octanol–water partition coefficient (Wildman–Crippen LogP) is 4.34. The standard InChI is InChI=1S/C24H24N4O5S/c1-30-17-8-6-16(7-9-17)23-26-27-24(28(23)14-19-5-4-12-33-19)34-15-22(29)25-20-11-10-18(31-2)13-21(20)32-3/h4-13H,14-15H2,1-3H3,(H,25,29). The molecule has 0 fully saturated rings. The first-order chi connectivity index (χ1) is 16.6. The van der Waals surface area contributed by atoms with Crippen molar-refractivity contribution in [3.63, 3.8) is 0 Å². The molecule has 0 spiro atoms. The second kappa shape index (κ2) is 10.8. The van der Waals surface area contributed by atoms with Gasteiger partial charge in [-0.15, -0.1) is 10.2 Å². The molecule has 10 heteroatoms. The lowest BCUT2D eigenvalue weighted by molar-refractivity contribution is -0.113. The van der Waals surface area contributed by atoms with E-state index < -0.39 is 0 Å². The fourth-order valence-corrected chi connectivity index (χ4v) is 4.01. The maximum atomic E-state index is 12.7. The number of thioether (sulfide) groups is 1. The highest BCUT2D eigenvalue weighted by Gasteiger charge is 2.18. The minimum atomic E-state index is -0.202. The highest BCUT2D eigenvalue weighted by atomic mass is 32.2. The minimum absolute atomic E-state index is 0.133. The Morgan fingerprint density at radius 2 is 1.76 bits per heavy atom. The van der Waals surface area contributed by atoms with Crippen molar-refractivity contribution in [2.75, 3.05) is 32.4 Å². The van der Waals surface area contributed by atoms with Crippen LogP contribution < -0.4 is 19.5 Å². The summed E-state index contributed by atoms with van der Waals surface area (Å²) >= 11 is 1.29. The molecule has 4 aromatic rings. The molecule has 4 rings (SSSR count). The highest BCUT2D eigenvalue weighted by molar-refractivity contribution is 7.99. The number of rotatable bonds is 10. The summed E-state index contributed by atoms with van der Waals surface area (Å²) in [6.07, 6.45) is 1.62. The number of amides is 1. The highest BCUT2D eigenvalue weighted by Crippen LogP contribution is 2.30. The van der Waals surface area contributed by atoms with Crippen molar-refractivity contribution in [2.45, 2.75) is 11.7 Å². The summed E-state index contributed by atoms with van der Waals surface area (Å²) in [6, 6.07) is 16.5. The molecule has 9 nitrogen and oxygen atoms in total. The van der Waals surface area contributed by atoms with E-state index in [9.17, 15) is 4.79 Å². The molecule has 2 heterocycles. The first-order valence-corrected chi connectivity index (χ1v) is 11.3. The molecular formula is C24H24N4O5S. The Kier molecular flexibility index (Phi) is 7.38.